The molecule has 1 aliphatic rings. The van der Waals surface area contributed by atoms with Crippen LogP contribution >= 0.6 is 0 Å². The largest absolute Gasteiger partial charge is 0.306 e. The molecule has 0 atom stereocenters. The van der Waals surface area contributed by atoms with Crippen molar-refractivity contribution in [1.82, 2.24) is 13.6 Å². The van der Waals surface area contributed by atoms with E-state index in [1.807, 2.05) is 29.0 Å². The number of rotatable bonds is 4. The molecule has 2 heterocycles. The molecule has 0 bridgehead atoms. The van der Waals surface area contributed by atoms with Gasteiger partial charge in [-0.2, -0.15) is 12.7 Å². The Morgan fingerprint density at radius 1 is 1.08 bits per heavy atom. The molecule has 24 heavy (non-hydrogen) atoms. The van der Waals surface area contributed by atoms with Crippen molar-refractivity contribution in [2.24, 2.45) is 0 Å². The highest BCUT2D eigenvalue weighted by molar-refractivity contribution is 7.87. The third kappa shape index (κ3) is 3.55. The van der Waals surface area contributed by atoms with Crippen LogP contribution < -0.4 is 10.3 Å². The van der Waals surface area contributed by atoms with Crippen LogP contribution in [-0.4, -0.2) is 29.7 Å². The molecule has 0 fully saturated rings. The minimum absolute atomic E-state index is 0.226. The van der Waals surface area contributed by atoms with E-state index >= 15 is 0 Å². The first-order valence-corrected chi connectivity index (χ1v) is 8.93. The second kappa shape index (κ2) is 6.58. The van der Waals surface area contributed by atoms with Gasteiger partial charge in [-0.25, -0.2) is 4.72 Å². The van der Waals surface area contributed by atoms with Crippen LogP contribution in [0.3, 0.4) is 0 Å². The van der Waals surface area contributed by atoms with Gasteiger partial charge in [0.25, 0.3) is 11.5 Å². The number of amides is 1. The minimum Gasteiger partial charge on any atom is -0.306 e. The second-order valence-corrected chi connectivity index (χ2v) is 7.22. The summed E-state index contributed by atoms with van der Waals surface area (Å²) < 4.78 is 29.2. The lowest BCUT2D eigenvalue weighted by molar-refractivity contribution is -0.120. The maximum Gasteiger partial charge on any atom is 0.304 e. The van der Waals surface area contributed by atoms with Gasteiger partial charge in [0.1, 0.15) is 6.54 Å². The van der Waals surface area contributed by atoms with E-state index in [9.17, 15) is 18.0 Å². The molecule has 1 aromatic heterocycles. The third-order valence-electron chi connectivity index (χ3n) is 3.89. The van der Waals surface area contributed by atoms with E-state index in [-0.39, 0.29) is 18.6 Å². The molecular weight excluding hydrogens is 330 g/mol. The first kappa shape index (κ1) is 16.4. The van der Waals surface area contributed by atoms with Crippen LogP contribution in [-0.2, 0) is 34.5 Å². The number of carbonyl (C=O) groups excluding carboxylic acids is 1. The molecular formula is C16H17N3O4S. The van der Waals surface area contributed by atoms with E-state index in [2.05, 4.69) is 0 Å². The monoisotopic (exact) mass is 347 g/mol. The zero-order valence-corrected chi connectivity index (χ0v) is 13.7. The zero-order chi connectivity index (χ0) is 17.2. The number of nitrogens with one attached hydrogen (secondary N) is 1. The Balaban J connectivity index is 1.69. The van der Waals surface area contributed by atoms with Crippen molar-refractivity contribution in [2.75, 3.05) is 6.54 Å². The predicted molar refractivity (Wildman–Crippen MR) is 88.3 cm³/mol. The van der Waals surface area contributed by atoms with Crippen LogP contribution in [0.15, 0.2) is 53.5 Å². The van der Waals surface area contributed by atoms with Crippen molar-refractivity contribution in [2.45, 2.75) is 19.5 Å². The summed E-state index contributed by atoms with van der Waals surface area (Å²) in [5, 5.41) is 0. The Hall–Kier alpha value is -2.45. The first-order chi connectivity index (χ1) is 11.5. The highest BCUT2D eigenvalue weighted by Crippen LogP contribution is 2.20. The molecule has 1 aromatic carbocycles. The fourth-order valence-corrected chi connectivity index (χ4v) is 3.78. The van der Waals surface area contributed by atoms with Crippen LogP contribution in [0.1, 0.15) is 11.1 Å². The molecule has 0 saturated heterocycles. The Bertz CT molecular complexity index is 921. The molecule has 0 radical (unpaired) electrons. The quantitative estimate of drug-likeness (QED) is 0.860. The lowest BCUT2D eigenvalue weighted by atomic mass is 10.0. The molecule has 1 N–H and O–H groups in total. The lowest BCUT2D eigenvalue weighted by Gasteiger charge is -2.27. The summed E-state index contributed by atoms with van der Waals surface area (Å²) >= 11 is 0. The number of hydrogen-bond donors (Lipinski definition) is 1. The van der Waals surface area contributed by atoms with Gasteiger partial charge in [-0.1, -0.05) is 30.3 Å². The van der Waals surface area contributed by atoms with E-state index in [0.717, 1.165) is 15.7 Å². The third-order valence-corrected chi connectivity index (χ3v) is 5.37. The minimum atomic E-state index is -3.94. The summed E-state index contributed by atoms with van der Waals surface area (Å²) in [6, 6.07) is 12.1. The number of nitrogens with zero attached hydrogens (tertiary/aromatic N) is 2. The van der Waals surface area contributed by atoms with Crippen molar-refractivity contribution >= 4 is 16.1 Å². The molecule has 3 rings (SSSR count). The van der Waals surface area contributed by atoms with Crippen LogP contribution in [0.5, 0.6) is 0 Å². The van der Waals surface area contributed by atoms with Crippen molar-refractivity contribution in [3.63, 3.8) is 0 Å². The molecule has 2 aromatic rings. The average Bonchev–Trinajstić information content (AvgIpc) is 2.56. The predicted octanol–water partition coefficient (Wildman–Crippen LogP) is 0.268. The molecule has 8 heteroatoms. The smallest absolute Gasteiger partial charge is 0.304 e. The van der Waals surface area contributed by atoms with E-state index in [0.29, 0.717) is 13.0 Å². The molecule has 0 unspecified atom stereocenters. The van der Waals surface area contributed by atoms with Crippen molar-refractivity contribution < 1.29 is 13.2 Å². The van der Waals surface area contributed by atoms with Crippen LogP contribution in [0.4, 0.5) is 0 Å². The van der Waals surface area contributed by atoms with Gasteiger partial charge in [0.05, 0.1) is 0 Å². The molecule has 7 nitrogen and oxygen atoms in total. The number of fused-ring (bicyclic) bond motifs is 1. The SMILES string of the molecule is O=C(Cn1ccccc1=O)NS(=O)(=O)N1CCc2ccccc2C1. The molecule has 126 valence electrons. The highest BCUT2D eigenvalue weighted by Gasteiger charge is 2.28. The van der Waals surface area contributed by atoms with Crippen molar-refractivity contribution in [3.05, 3.63) is 70.1 Å². The Labute approximate surface area is 139 Å². The van der Waals surface area contributed by atoms with Crippen LogP contribution in [0.2, 0.25) is 0 Å². The van der Waals surface area contributed by atoms with Gasteiger partial charge in [-0.05, 0) is 23.6 Å². The summed E-state index contributed by atoms with van der Waals surface area (Å²) in [4.78, 5) is 23.6. The van der Waals surface area contributed by atoms with E-state index in [4.69, 9.17) is 0 Å². The zero-order valence-electron chi connectivity index (χ0n) is 12.9. The number of carbonyl (C=O) groups is 1. The summed E-state index contributed by atoms with van der Waals surface area (Å²) in [6.45, 7) is 0.193. The molecule has 1 aliphatic heterocycles. The molecule has 0 spiro atoms. The van der Waals surface area contributed by atoms with Gasteiger partial charge >= 0.3 is 10.2 Å². The Morgan fingerprint density at radius 2 is 1.79 bits per heavy atom. The second-order valence-electron chi connectivity index (χ2n) is 5.55. The summed E-state index contributed by atoms with van der Waals surface area (Å²) in [5.41, 5.74) is 1.68. The van der Waals surface area contributed by atoms with Gasteiger partial charge < -0.3 is 4.57 Å². The van der Waals surface area contributed by atoms with Gasteiger partial charge in [0.15, 0.2) is 0 Å². The highest BCUT2D eigenvalue weighted by atomic mass is 32.2. The Kier molecular flexibility index (Phi) is 4.50. The summed E-state index contributed by atoms with van der Waals surface area (Å²) in [6.07, 6.45) is 2.04. The maximum atomic E-state index is 12.4. The van der Waals surface area contributed by atoms with Crippen molar-refractivity contribution in [1.29, 1.82) is 0 Å². The maximum absolute atomic E-state index is 12.4. The topological polar surface area (TPSA) is 88.5 Å². The average molecular weight is 347 g/mol. The van der Waals surface area contributed by atoms with Crippen molar-refractivity contribution in [3.8, 4) is 0 Å². The molecule has 1 amide bonds. The van der Waals surface area contributed by atoms with Gasteiger partial charge in [-0.3, -0.25) is 9.59 Å². The number of aromatic nitrogens is 1. The number of benzene rings is 1. The lowest BCUT2D eigenvalue weighted by Crippen LogP contribution is -2.46. The fourth-order valence-electron chi connectivity index (χ4n) is 2.66. The first-order valence-electron chi connectivity index (χ1n) is 7.49. The fraction of sp³-hybridized carbons (Fsp3) is 0.250. The molecule has 0 saturated carbocycles. The number of hydrogen-bond acceptors (Lipinski definition) is 4. The van der Waals surface area contributed by atoms with E-state index in [1.165, 1.54) is 16.6 Å². The van der Waals surface area contributed by atoms with Gasteiger partial charge in [0.2, 0.25) is 0 Å². The number of pyridine rings is 1. The van der Waals surface area contributed by atoms with E-state index < -0.39 is 16.1 Å². The van der Waals surface area contributed by atoms with Crippen LogP contribution in [0.25, 0.3) is 0 Å². The summed E-state index contributed by atoms with van der Waals surface area (Å²) in [7, 11) is -3.94. The van der Waals surface area contributed by atoms with Crippen LogP contribution in [0, 0.1) is 0 Å². The standard InChI is InChI=1S/C16H17N3O4S/c20-15(12-18-9-4-3-7-16(18)21)17-24(22,23)19-10-8-13-5-1-2-6-14(13)11-19/h1-7,9H,8,10-12H2,(H,17,20). The Morgan fingerprint density at radius 3 is 2.54 bits per heavy atom. The van der Waals surface area contributed by atoms with Gasteiger partial charge in [-0.15, -0.1) is 0 Å². The molecule has 0 aliphatic carbocycles. The van der Waals surface area contributed by atoms with E-state index in [1.54, 1.807) is 12.1 Å². The normalized spacial score (nSPS) is 14.8. The summed E-state index contributed by atoms with van der Waals surface area (Å²) in [5.74, 6) is -0.748. The van der Waals surface area contributed by atoms with Gasteiger partial charge in [0, 0.05) is 25.4 Å².